The van der Waals surface area contributed by atoms with Crippen LogP contribution >= 0.6 is 0 Å². The highest BCUT2D eigenvalue weighted by molar-refractivity contribution is 5.60. The normalized spacial score (nSPS) is 14.3. The SMILES string of the molecule is CC.Cc1cccc2c1OCCCN2O. The maximum Gasteiger partial charge on any atom is 0.147 e. The number of ether oxygens (including phenoxy) is 1. The van der Waals surface area contributed by atoms with Crippen LogP contribution in [0.1, 0.15) is 25.8 Å². The van der Waals surface area contributed by atoms with E-state index < -0.39 is 0 Å². The lowest BCUT2D eigenvalue weighted by Crippen LogP contribution is -2.18. The standard InChI is InChI=1S/C10H13NO2.C2H6/c1-8-4-2-5-9-10(8)13-7-3-6-11(9)12;1-2/h2,4-5,12H,3,6-7H2,1H3;1-2H3. The van der Waals surface area contributed by atoms with Gasteiger partial charge in [0.2, 0.25) is 0 Å². The van der Waals surface area contributed by atoms with Crippen molar-refractivity contribution >= 4 is 5.69 Å². The lowest BCUT2D eigenvalue weighted by molar-refractivity contribution is 0.252. The molecule has 0 aromatic heterocycles. The number of benzene rings is 1. The van der Waals surface area contributed by atoms with Crippen molar-refractivity contribution in [3.05, 3.63) is 23.8 Å². The van der Waals surface area contributed by atoms with E-state index in [2.05, 4.69) is 0 Å². The highest BCUT2D eigenvalue weighted by atomic mass is 16.5. The maximum absolute atomic E-state index is 9.62. The molecule has 0 spiro atoms. The molecule has 0 fully saturated rings. The summed E-state index contributed by atoms with van der Waals surface area (Å²) in [7, 11) is 0. The Hall–Kier alpha value is -1.22. The second-order valence-corrected chi connectivity index (χ2v) is 3.25. The Balaban J connectivity index is 0.000000531. The molecule has 0 aliphatic carbocycles. The van der Waals surface area contributed by atoms with E-state index in [-0.39, 0.29) is 0 Å². The molecule has 0 radical (unpaired) electrons. The number of aryl methyl sites for hydroxylation is 1. The number of rotatable bonds is 0. The maximum atomic E-state index is 9.62. The highest BCUT2D eigenvalue weighted by Gasteiger charge is 2.15. The van der Waals surface area contributed by atoms with E-state index in [0.717, 1.165) is 23.4 Å². The lowest BCUT2D eigenvalue weighted by Gasteiger charge is -2.16. The first-order valence-electron chi connectivity index (χ1n) is 5.48. The van der Waals surface area contributed by atoms with Gasteiger partial charge in [0.15, 0.2) is 0 Å². The molecule has 0 atom stereocenters. The predicted molar refractivity (Wildman–Crippen MR) is 61.8 cm³/mol. The molecule has 0 amide bonds. The highest BCUT2D eigenvalue weighted by Crippen LogP contribution is 2.32. The molecular weight excluding hydrogens is 190 g/mol. The molecule has 84 valence electrons. The van der Waals surface area contributed by atoms with Crippen molar-refractivity contribution in [3.63, 3.8) is 0 Å². The fraction of sp³-hybridized carbons (Fsp3) is 0.500. The summed E-state index contributed by atoms with van der Waals surface area (Å²) in [6.45, 7) is 7.30. The van der Waals surface area contributed by atoms with Gasteiger partial charge in [0.05, 0.1) is 6.61 Å². The minimum atomic E-state index is 0.635. The van der Waals surface area contributed by atoms with Gasteiger partial charge in [0, 0.05) is 13.0 Å². The van der Waals surface area contributed by atoms with Crippen LogP contribution in [0.2, 0.25) is 0 Å². The number of anilines is 1. The Morgan fingerprint density at radius 1 is 1.33 bits per heavy atom. The van der Waals surface area contributed by atoms with E-state index in [9.17, 15) is 5.21 Å². The van der Waals surface area contributed by atoms with Crippen LogP contribution < -0.4 is 9.80 Å². The third kappa shape index (κ3) is 2.63. The van der Waals surface area contributed by atoms with Gasteiger partial charge < -0.3 is 4.74 Å². The largest absolute Gasteiger partial charge is 0.491 e. The molecule has 1 aromatic carbocycles. The molecule has 2 rings (SSSR count). The van der Waals surface area contributed by atoms with Gasteiger partial charge in [-0.1, -0.05) is 26.0 Å². The van der Waals surface area contributed by atoms with Gasteiger partial charge in [-0.05, 0) is 18.6 Å². The number of hydrogen-bond acceptors (Lipinski definition) is 3. The van der Waals surface area contributed by atoms with Crippen molar-refractivity contribution in [3.8, 4) is 5.75 Å². The summed E-state index contributed by atoms with van der Waals surface area (Å²) >= 11 is 0. The summed E-state index contributed by atoms with van der Waals surface area (Å²) in [5.41, 5.74) is 1.84. The van der Waals surface area contributed by atoms with Crippen molar-refractivity contribution < 1.29 is 9.94 Å². The van der Waals surface area contributed by atoms with E-state index in [0.29, 0.717) is 13.2 Å². The topological polar surface area (TPSA) is 32.7 Å². The second kappa shape index (κ2) is 5.61. The molecule has 1 N–H and O–H groups in total. The molecule has 1 heterocycles. The number of hydroxylamine groups is 1. The van der Waals surface area contributed by atoms with Crippen molar-refractivity contribution in [2.45, 2.75) is 27.2 Å². The number of hydrogen-bond donors (Lipinski definition) is 1. The van der Waals surface area contributed by atoms with Crippen molar-refractivity contribution in [2.75, 3.05) is 18.2 Å². The fourth-order valence-electron chi connectivity index (χ4n) is 1.54. The third-order valence-electron chi connectivity index (χ3n) is 2.23. The van der Waals surface area contributed by atoms with Gasteiger partial charge in [0.1, 0.15) is 11.4 Å². The smallest absolute Gasteiger partial charge is 0.147 e. The molecule has 0 saturated carbocycles. The minimum absolute atomic E-state index is 0.635. The van der Waals surface area contributed by atoms with E-state index in [1.54, 1.807) is 0 Å². The molecule has 3 nitrogen and oxygen atoms in total. The Bertz CT molecular complexity index is 312. The average molecular weight is 209 g/mol. The molecule has 0 unspecified atom stereocenters. The fourth-order valence-corrected chi connectivity index (χ4v) is 1.54. The molecule has 0 bridgehead atoms. The summed E-state index contributed by atoms with van der Waals surface area (Å²) in [6.07, 6.45) is 0.852. The van der Waals surface area contributed by atoms with E-state index in [1.807, 2.05) is 39.0 Å². The van der Waals surface area contributed by atoms with Crippen LogP contribution in [0, 0.1) is 6.92 Å². The van der Waals surface area contributed by atoms with Gasteiger partial charge in [-0.2, -0.15) is 0 Å². The van der Waals surface area contributed by atoms with Gasteiger partial charge in [-0.25, -0.2) is 0 Å². The van der Waals surface area contributed by atoms with Crippen LogP contribution in [0.3, 0.4) is 0 Å². The zero-order chi connectivity index (χ0) is 11.3. The zero-order valence-electron chi connectivity index (χ0n) is 9.66. The molecule has 15 heavy (non-hydrogen) atoms. The lowest BCUT2D eigenvalue weighted by atomic mass is 10.2. The summed E-state index contributed by atoms with van der Waals surface area (Å²) in [5, 5.41) is 10.9. The Morgan fingerprint density at radius 3 is 2.80 bits per heavy atom. The van der Waals surface area contributed by atoms with Crippen LogP contribution in [0.5, 0.6) is 5.75 Å². The van der Waals surface area contributed by atoms with Crippen molar-refractivity contribution in [2.24, 2.45) is 0 Å². The summed E-state index contributed by atoms with van der Waals surface area (Å²) in [4.78, 5) is 0. The first-order valence-corrected chi connectivity index (χ1v) is 5.48. The first-order chi connectivity index (χ1) is 7.29. The Kier molecular flexibility index (Phi) is 4.43. The third-order valence-corrected chi connectivity index (χ3v) is 2.23. The number of para-hydroxylation sites is 1. The number of nitrogens with zero attached hydrogens (tertiary/aromatic N) is 1. The molecular formula is C12H19NO2. The summed E-state index contributed by atoms with van der Waals surface area (Å²) in [6, 6.07) is 5.78. The predicted octanol–water partition coefficient (Wildman–Crippen LogP) is 3.00. The van der Waals surface area contributed by atoms with E-state index in [4.69, 9.17) is 4.74 Å². The molecule has 0 saturated heterocycles. The van der Waals surface area contributed by atoms with Gasteiger partial charge in [-0.3, -0.25) is 10.3 Å². The van der Waals surface area contributed by atoms with E-state index >= 15 is 0 Å². The monoisotopic (exact) mass is 209 g/mol. The summed E-state index contributed by atoms with van der Waals surface area (Å²) < 4.78 is 5.55. The van der Waals surface area contributed by atoms with Crippen LogP contribution in [0.25, 0.3) is 0 Å². The van der Waals surface area contributed by atoms with Crippen LogP contribution in [-0.4, -0.2) is 18.4 Å². The zero-order valence-corrected chi connectivity index (χ0v) is 9.66. The number of fused-ring (bicyclic) bond motifs is 1. The van der Waals surface area contributed by atoms with Crippen LogP contribution in [0.4, 0.5) is 5.69 Å². The van der Waals surface area contributed by atoms with Gasteiger partial charge in [-0.15, -0.1) is 0 Å². The Morgan fingerprint density at radius 2 is 2.07 bits per heavy atom. The Labute approximate surface area is 91.2 Å². The van der Waals surface area contributed by atoms with Gasteiger partial charge >= 0.3 is 0 Å². The summed E-state index contributed by atoms with van der Waals surface area (Å²) in [5.74, 6) is 0.808. The van der Waals surface area contributed by atoms with Crippen LogP contribution in [0.15, 0.2) is 18.2 Å². The molecule has 1 aliphatic rings. The molecule has 1 aliphatic heterocycles. The van der Waals surface area contributed by atoms with Gasteiger partial charge in [0.25, 0.3) is 0 Å². The molecule has 3 heteroatoms. The minimum Gasteiger partial charge on any atom is -0.491 e. The van der Waals surface area contributed by atoms with Crippen LogP contribution in [-0.2, 0) is 0 Å². The molecule has 1 aromatic rings. The van der Waals surface area contributed by atoms with Crippen molar-refractivity contribution in [1.82, 2.24) is 0 Å². The second-order valence-electron chi connectivity index (χ2n) is 3.25. The first kappa shape index (κ1) is 11.9. The quantitative estimate of drug-likeness (QED) is 0.713. The average Bonchev–Trinajstić information content (AvgIpc) is 2.46. The van der Waals surface area contributed by atoms with Crippen molar-refractivity contribution in [1.29, 1.82) is 0 Å². The van der Waals surface area contributed by atoms with E-state index in [1.165, 1.54) is 5.06 Å².